The molecule has 0 spiro atoms. The second kappa shape index (κ2) is 9.08. The molecule has 4 heteroatoms. The number of fused-ring (bicyclic) bond motifs is 3. The summed E-state index contributed by atoms with van der Waals surface area (Å²) < 4.78 is 1.15. The molecule has 37 heavy (non-hydrogen) atoms. The van der Waals surface area contributed by atoms with Gasteiger partial charge in [0.1, 0.15) is 5.01 Å². The Balaban J connectivity index is 1.50. The maximum absolute atomic E-state index is 5.09. The van der Waals surface area contributed by atoms with Gasteiger partial charge >= 0.3 is 0 Å². The van der Waals surface area contributed by atoms with Crippen LogP contribution in [0.2, 0.25) is 0 Å². The molecule has 0 unspecified atom stereocenters. The first-order chi connectivity index (χ1) is 18.3. The van der Waals surface area contributed by atoms with Gasteiger partial charge in [-0.05, 0) is 17.5 Å². The highest BCUT2D eigenvalue weighted by Gasteiger charge is 2.16. The SMILES string of the molecule is c1ccc(-c2cc(-c3ccccc3)nc(-c3cccc4ccc5nc(-c6ccccc6)sc5c34)n2)cc1. The number of nitrogens with zero attached hydrogens (tertiary/aromatic N) is 3. The summed E-state index contributed by atoms with van der Waals surface area (Å²) in [5, 5.41) is 3.31. The topological polar surface area (TPSA) is 38.7 Å². The molecule has 0 aliphatic rings. The molecule has 3 nitrogen and oxygen atoms in total. The molecular formula is C33H21N3S. The minimum atomic E-state index is 0.716. The first kappa shape index (κ1) is 21.6. The lowest BCUT2D eigenvalue weighted by atomic mass is 10.0. The molecule has 0 N–H and O–H groups in total. The van der Waals surface area contributed by atoms with Crippen molar-refractivity contribution in [3.05, 3.63) is 127 Å². The van der Waals surface area contributed by atoms with E-state index in [1.54, 1.807) is 11.3 Å². The molecule has 7 aromatic rings. The summed E-state index contributed by atoms with van der Waals surface area (Å²) in [6.07, 6.45) is 0. The zero-order valence-electron chi connectivity index (χ0n) is 19.9. The van der Waals surface area contributed by atoms with E-state index in [9.17, 15) is 0 Å². The smallest absolute Gasteiger partial charge is 0.161 e. The van der Waals surface area contributed by atoms with Crippen LogP contribution in [-0.2, 0) is 0 Å². The van der Waals surface area contributed by atoms with Crippen molar-refractivity contribution in [2.24, 2.45) is 0 Å². The Morgan fingerprint density at radius 3 is 1.70 bits per heavy atom. The first-order valence-electron chi connectivity index (χ1n) is 12.2. The van der Waals surface area contributed by atoms with E-state index in [4.69, 9.17) is 15.0 Å². The summed E-state index contributed by atoms with van der Waals surface area (Å²) in [5.41, 5.74) is 7.08. The normalized spacial score (nSPS) is 11.2. The molecule has 0 aliphatic carbocycles. The lowest BCUT2D eigenvalue weighted by Gasteiger charge is -2.11. The van der Waals surface area contributed by atoms with Crippen molar-refractivity contribution in [3.8, 4) is 44.5 Å². The van der Waals surface area contributed by atoms with E-state index in [1.807, 2.05) is 42.5 Å². The zero-order valence-corrected chi connectivity index (χ0v) is 20.7. The molecule has 0 amide bonds. The fourth-order valence-electron chi connectivity index (χ4n) is 4.73. The molecule has 0 saturated carbocycles. The van der Waals surface area contributed by atoms with Gasteiger partial charge in [0.05, 0.1) is 21.6 Å². The third kappa shape index (κ3) is 3.98. The van der Waals surface area contributed by atoms with Crippen LogP contribution in [0.5, 0.6) is 0 Å². The first-order valence-corrected chi connectivity index (χ1v) is 13.0. The highest BCUT2D eigenvalue weighted by molar-refractivity contribution is 7.22. The van der Waals surface area contributed by atoms with Gasteiger partial charge in [-0.2, -0.15) is 0 Å². The third-order valence-electron chi connectivity index (χ3n) is 6.52. The molecule has 174 valence electrons. The van der Waals surface area contributed by atoms with E-state index in [0.717, 1.165) is 59.6 Å². The van der Waals surface area contributed by atoms with Crippen LogP contribution >= 0.6 is 11.3 Å². The van der Waals surface area contributed by atoms with Crippen LogP contribution in [0, 0.1) is 0 Å². The molecule has 2 heterocycles. The molecule has 2 aromatic heterocycles. The minimum absolute atomic E-state index is 0.716. The van der Waals surface area contributed by atoms with Gasteiger partial charge in [0.15, 0.2) is 5.82 Å². The second-order valence-electron chi connectivity index (χ2n) is 8.90. The summed E-state index contributed by atoms with van der Waals surface area (Å²) >= 11 is 1.72. The average molecular weight is 492 g/mol. The third-order valence-corrected chi connectivity index (χ3v) is 7.66. The van der Waals surface area contributed by atoms with Crippen LogP contribution in [0.15, 0.2) is 127 Å². The van der Waals surface area contributed by atoms with Gasteiger partial charge in [0.25, 0.3) is 0 Å². The Labute approximate surface area is 218 Å². The number of rotatable bonds is 4. The lowest BCUT2D eigenvalue weighted by molar-refractivity contribution is 1.19. The number of hydrogen-bond acceptors (Lipinski definition) is 4. The molecule has 0 fully saturated rings. The number of hydrogen-bond donors (Lipinski definition) is 0. The largest absolute Gasteiger partial charge is 0.236 e. The monoisotopic (exact) mass is 491 g/mol. The zero-order chi connectivity index (χ0) is 24.6. The maximum atomic E-state index is 5.09. The van der Waals surface area contributed by atoms with Crippen molar-refractivity contribution < 1.29 is 0 Å². The van der Waals surface area contributed by atoms with Crippen LogP contribution in [0.4, 0.5) is 0 Å². The Kier molecular flexibility index (Phi) is 5.30. The quantitative estimate of drug-likeness (QED) is 0.247. The summed E-state index contributed by atoms with van der Waals surface area (Å²) in [6, 6.07) is 43.7. The molecule has 0 saturated heterocycles. The predicted octanol–water partition coefficient (Wildman–Crippen LogP) is 8.91. The number of aromatic nitrogens is 3. The van der Waals surface area contributed by atoms with Gasteiger partial charge < -0.3 is 0 Å². The maximum Gasteiger partial charge on any atom is 0.161 e. The Hall–Kier alpha value is -4.67. The Bertz CT molecular complexity index is 1800. The van der Waals surface area contributed by atoms with Gasteiger partial charge in [-0.15, -0.1) is 11.3 Å². The molecule has 5 aromatic carbocycles. The molecule has 7 rings (SSSR count). The minimum Gasteiger partial charge on any atom is -0.236 e. The van der Waals surface area contributed by atoms with Crippen molar-refractivity contribution in [1.82, 2.24) is 15.0 Å². The summed E-state index contributed by atoms with van der Waals surface area (Å²) in [7, 11) is 0. The van der Waals surface area contributed by atoms with Crippen molar-refractivity contribution in [2.75, 3.05) is 0 Å². The van der Waals surface area contributed by atoms with Gasteiger partial charge in [-0.1, -0.05) is 115 Å². The van der Waals surface area contributed by atoms with E-state index < -0.39 is 0 Å². The van der Waals surface area contributed by atoms with Crippen LogP contribution in [0.1, 0.15) is 0 Å². The van der Waals surface area contributed by atoms with Gasteiger partial charge in [-0.3, -0.25) is 0 Å². The van der Waals surface area contributed by atoms with Crippen LogP contribution in [0.3, 0.4) is 0 Å². The van der Waals surface area contributed by atoms with E-state index >= 15 is 0 Å². The Morgan fingerprint density at radius 1 is 0.486 bits per heavy atom. The van der Waals surface area contributed by atoms with Crippen molar-refractivity contribution in [2.45, 2.75) is 0 Å². The van der Waals surface area contributed by atoms with Gasteiger partial charge in [0.2, 0.25) is 0 Å². The van der Waals surface area contributed by atoms with Crippen LogP contribution < -0.4 is 0 Å². The molecular weight excluding hydrogens is 470 g/mol. The average Bonchev–Trinajstić information content (AvgIpc) is 3.43. The summed E-state index contributed by atoms with van der Waals surface area (Å²) in [4.78, 5) is 15.2. The van der Waals surface area contributed by atoms with Crippen LogP contribution in [-0.4, -0.2) is 15.0 Å². The van der Waals surface area contributed by atoms with E-state index in [1.165, 1.54) is 0 Å². The highest BCUT2D eigenvalue weighted by atomic mass is 32.1. The van der Waals surface area contributed by atoms with Gasteiger partial charge in [-0.25, -0.2) is 15.0 Å². The molecule has 0 aliphatic heterocycles. The predicted molar refractivity (Wildman–Crippen MR) is 154 cm³/mol. The standard InChI is InChI=1S/C33H21N3S/c1-4-11-22(12-5-1)28-21-29(23-13-6-2-7-14-23)35-32(34-28)26-18-10-17-24-19-20-27-31(30(24)26)37-33(36-27)25-15-8-3-9-16-25/h1-21H. The van der Waals surface area contributed by atoms with Gasteiger partial charge in [0, 0.05) is 27.6 Å². The van der Waals surface area contributed by atoms with E-state index in [2.05, 4.69) is 84.9 Å². The molecule has 0 atom stereocenters. The van der Waals surface area contributed by atoms with E-state index in [-0.39, 0.29) is 0 Å². The molecule has 0 radical (unpaired) electrons. The fraction of sp³-hybridized carbons (Fsp3) is 0. The van der Waals surface area contributed by atoms with Crippen molar-refractivity contribution in [3.63, 3.8) is 0 Å². The summed E-state index contributed by atoms with van der Waals surface area (Å²) in [5.74, 6) is 0.716. The summed E-state index contributed by atoms with van der Waals surface area (Å²) in [6.45, 7) is 0. The van der Waals surface area contributed by atoms with E-state index in [0.29, 0.717) is 5.82 Å². The second-order valence-corrected chi connectivity index (χ2v) is 9.90. The lowest BCUT2D eigenvalue weighted by Crippen LogP contribution is -1.96. The van der Waals surface area contributed by atoms with Crippen molar-refractivity contribution in [1.29, 1.82) is 0 Å². The van der Waals surface area contributed by atoms with Crippen LogP contribution in [0.25, 0.3) is 65.5 Å². The fourth-order valence-corrected chi connectivity index (χ4v) is 5.87. The van der Waals surface area contributed by atoms with Crippen molar-refractivity contribution >= 4 is 32.3 Å². The highest BCUT2D eigenvalue weighted by Crippen LogP contribution is 2.39. The number of thiazole rings is 1. The number of benzene rings is 5. The molecule has 0 bridgehead atoms. The Morgan fingerprint density at radius 2 is 1.08 bits per heavy atom.